The van der Waals surface area contributed by atoms with Gasteiger partial charge >= 0.3 is 18.0 Å². The van der Waals surface area contributed by atoms with E-state index in [1.54, 1.807) is 0 Å². The van der Waals surface area contributed by atoms with Gasteiger partial charge in [-0.1, -0.05) is 11.6 Å². The molecule has 0 aromatic heterocycles. The van der Waals surface area contributed by atoms with Crippen molar-refractivity contribution in [3.8, 4) is 0 Å². The van der Waals surface area contributed by atoms with Crippen LogP contribution in [0.5, 0.6) is 0 Å². The highest BCUT2D eigenvalue weighted by atomic mass is 35.5. The number of hydrogen-bond donors (Lipinski definition) is 1. The molecule has 2 nitrogen and oxygen atoms in total. The lowest BCUT2D eigenvalue weighted by atomic mass is 10.2. The van der Waals surface area contributed by atoms with Gasteiger partial charge in [0, 0.05) is 0 Å². The zero-order valence-corrected chi connectivity index (χ0v) is 9.04. The molecule has 0 atom stereocenters. The molecule has 1 amide bonds. The molecule has 0 fully saturated rings. The summed E-state index contributed by atoms with van der Waals surface area (Å²) in [6, 6.07) is 2.27. The van der Waals surface area contributed by atoms with Crippen LogP contribution in [0.15, 0.2) is 18.2 Å². The largest absolute Gasteiger partial charge is 0.463 e. The van der Waals surface area contributed by atoms with Gasteiger partial charge in [-0.15, -0.1) is 0 Å². The molecular formula is C9H4ClF6NO. The first-order valence-electron chi connectivity index (χ1n) is 4.27. The van der Waals surface area contributed by atoms with Crippen LogP contribution in [0, 0.1) is 5.82 Å². The van der Waals surface area contributed by atoms with Crippen molar-refractivity contribution in [1.82, 2.24) is 0 Å². The molecule has 0 heterocycles. The van der Waals surface area contributed by atoms with Crippen LogP contribution in [0.1, 0.15) is 0 Å². The van der Waals surface area contributed by atoms with Crippen molar-refractivity contribution in [3.05, 3.63) is 29.0 Å². The number of hydrogen-bond acceptors (Lipinski definition) is 1. The highest BCUT2D eigenvalue weighted by molar-refractivity contribution is 6.33. The number of alkyl halides is 5. The third-order valence-electron chi connectivity index (χ3n) is 1.82. The van der Waals surface area contributed by atoms with E-state index < -0.39 is 29.5 Å². The first-order chi connectivity index (χ1) is 8.05. The zero-order valence-electron chi connectivity index (χ0n) is 8.29. The fraction of sp³-hybridized carbons (Fsp3) is 0.222. The van der Waals surface area contributed by atoms with E-state index in [0.29, 0.717) is 6.07 Å². The molecule has 1 rings (SSSR count). The summed E-state index contributed by atoms with van der Waals surface area (Å²) in [6.45, 7) is 0. The fourth-order valence-electron chi connectivity index (χ4n) is 0.923. The summed E-state index contributed by atoms with van der Waals surface area (Å²) in [5, 5.41) is 0.844. The quantitative estimate of drug-likeness (QED) is 0.829. The number of benzene rings is 1. The van der Waals surface area contributed by atoms with E-state index in [0.717, 1.165) is 12.1 Å². The lowest BCUT2D eigenvalue weighted by Gasteiger charge is -2.19. The Hall–Kier alpha value is -1.44. The number of carbonyl (C=O) groups excluding carboxylic acids is 1. The minimum atomic E-state index is -6.04. The van der Waals surface area contributed by atoms with Gasteiger partial charge in [0.05, 0.1) is 10.7 Å². The molecule has 0 radical (unpaired) electrons. The van der Waals surface area contributed by atoms with Crippen LogP contribution in [-0.2, 0) is 4.79 Å². The maximum absolute atomic E-state index is 12.7. The number of halogens is 7. The standard InChI is InChI=1S/C9H4ClF6NO/c10-5-2-1-4(11)3-6(5)17-7(18)8(12,13)9(14,15)16/h1-3H,(H,17,18). The minimum absolute atomic E-state index is 0.372. The Morgan fingerprint density at radius 1 is 1.17 bits per heavy atom. The lowest BCUT2D eigenvalue weighted by Crippen LogP contribution is -2.47. The predicted molar refractivity (Wildman–Crippen MR) is 51.0 cm³/mol. The second-order valence-electron chi connectivity index (χ2n) is 3.15. The van der Waals surface area contributed by atoms with Gasteiger partial charge in [-0.25, -0.2) is 4.39 Å². The van der Waals surface area contributed by atoms with Crippen LogP contribution in [0.3, 0.4) is 0 Å². The van der Waals surface area contributed by atoms with Crippen molar-refractivity contribution >= 4 is 23.2 Å². The molecule has 0 aliphatic rings. The van der Waals surface area contributed by atoms with Crippen LogP contribution in [-0.4, -0.2) is 18.0 Å². The van der Waals surface area contributed by atoms with Crippen molar-refractivity contribution in [3.63, 3.8) is 0 Å². The van der Waals surface area contributed by atoms with Crippen molar-refractivity contribution < 1.29 is 31.1 Å². The van der Waals surface area contributed by atoms with Crippen molar-refractivity contribution in [1.29, 1.82) is 0 Å². The third-order valence-corrected chi connectivity index (χ3v) is 2.15. The Labute approximate surface area is 102 Å². The molecule has 1 aromatic rings. The van der Waals surface area contributed by atoms with E-state index in [2.05, 4.69) is 0 Å². The molecule has 0 aliphatic carbocycles. The number of anilines is 1. The molecule has 0 saturated carbocycles. The van der Waals surface area contributed by atoms with Gasteiger partial charge in [-0.3, -0.25) is 4.79 Å². The molecule has 0 aliphatic heterocycles. The van der Waals surface area contributed by atoms with E-state index in [1.807, 2.05) is 0 Å². The summed E-state index contributed by atoms with van der Waals surface area (Å²) >= 11 is 5.40. The van der Waals surface area contributed by atoms with Gasteiger partial charge in [0.25, 0.3) is 0 Å². The number of amides is 1. The topological polar surface area (TPSA) is 29.1 Å². The molecule has 0 bridgehead atoms. The van der Waals surface area contributed by atoms with Gasteiger partial charge in [0.2, 0.25) is 0 Å². The van der Waals surface area contributed by atoms with Crippen LogP contribution >= 0.6 is 11.6 Å². The Balaban J connectivity index is 2.98. The molecule has 18 heavy (non-hydrogen) atoms. The molecule has 1 aromatic carbocycles. The smallest absolute Gasteiger partial charge is 0.319 e. The molecule has 0 spiro atoms. The third kappa shape index (κ3) is 2.87. The molecule has 0 saturated heterocycles. The second kappa shape index (κ2) is 4.68. The number of rotatable bonds is 2. The SMILES string of the molecule is O=C(Nc1cc(F)ccc1Cl)C(F)(F)C(F)(F)F. The van der Waals surface area contributed by atoms with Crippen LogP contribution < -0.4 is 5.32 Å². The summed E-state index contributed by atoms with van der Waals surface area (Å²) in [5.41, 5.74) is -0.675. The van der Waals surface area contributed by atoms with Crippen LogP contribution in [0.2, 0.25) is 5.02 Å². The summed E-state index contributed by atoms with van der Waals surface area (Å²) in [7, 11) is 0. The Bertz CT molecular complexity index is 473. The average Bonchev–Trinajstić information content (AvgIpc) is 2.21. The lowest BCUT2D eigenvalue weighted by molar-refractivity contribution is -0.267. The Morgan fingerprint density at radius 2 is 1.72 bits per heavy atom. The molecular weight excluding hydrogens is 288 g/mol. The van der Waals surface area contributed by atoms with Gasteiger partial charge in [-0.05, 0) is 18.2 Å². The minimum Gasteiger partial charge on any atom is -0.319 e. The van der Waals surface area contributed by atoms with Crippen LogP contribution in [0.4, 0.5) is 32.0 Å². The molecule has 9 heteroatoms. The zero-order chi connectivity index (χ0) is 14.1. The van der Waals surface area contributed by atoms with Gasteiger partial charge in [0.15, 0.2) is 0 Å². The van der Waals surface area contributed by atoms with E-state index in [9.17, 15) is 31.1 Å². The van der Waals surface area contributed by atoms with E-state index >= 15 is 0 Å². The fourth-order valence-corrected chi connectivity index (χ4v) is 1.09. The summed E-state index contributed by atoms with van der Waals surface area (Å²) < 4.78 is 73.4. The predicted octanol–water partition coefficient (Wildman–Crippen LogP) is 3.62. The van der Waals surface area contributed by atoms with Gasteiger partial charge in [-0.2, -0.15) is 22.0 Å². The monoisotopic (exact) mass is 291 g/mol. The summed E-state index contributed by atoms with van der Waals surface area (Å²) in [5.74, 6) is -9.18. The van der Waals surface area contributed by atoms with Crippen molar-refractivity contribution in [2.75, 3.05) is 5.32 Å². The summed E-state index contributed by atoms with van der Waals surface area (Å²) in [4.78, 5) is 10.8. The highest BCUT2D eigenvalue weighted by Crippen LogP contribution is 2.36. The van der Waals surface area contributed by atoms with E-state index in [-0.39, 0.29) is 5.02 Å². The Morgan fingerprint density at radius 3 is 2.22 bits per heavy atom. The number of carbonyl (C=O) groups is 1. The Kier molecular flexibility index (Phi) is 3.80. The maximum Gasteiger partial charge on any atom is 0.463 e. The van der Waals surface area contributed by atoms with Crippen LogP contribution in [0.25, 0.3) is 0 Å². The van der Waals surface area contributed by atoms with Gasteiger partial charge in [0.1, 0.15) is 5.82 Å². The number of nitrogens with one attached hydrogen (secondary N) is 1. The molecule has 0 unspecified atom stereocenters. The van der Waals surface area contributed by atoms with Crippen molar-refractivity contribution in [2.24, 2.45) is 0 Å². The van der Waals surface area contributed by atoms with Crippen molar-refractivity contribution in [2.45, 2.75) is 12.1 Å². The average molecular weight is 292 g/mol. The second-order valence-corrected chi connectivity index (χ2v) is 3.56. The normalized spacial score (nSPS) is 12.4. The molecule has 1 N–H and O–H groups in total. The molecule has 100 valence electrons. The summed E-state index contributed by atoms with van der Waals surface area (Å²) in [6.07, 6.45) is -6.04. The first-order valence-corrected chi connectivity index (χ1v) is 4.64. The first kappa shape index (κ1) is 14.6. The maximum atomic E-state index is 12.7. The van der Waals surface area contributed by atoms with E-state index in [4.69, 9.17) is 11.6 Å². The highest BCUT2D eigenvalue weighted by Gasteiger charge is 2.63. The van der Waals surface area contributed by atoms with Gasteiger partial charge < -0.3 is 5.32 Å². The van der Waals surface area contributed by atoms with E-state index in [1.165, 1.54) is 5.32 Å².